The maximum Gasteiger partial charge on any atom is 0.291 e. The third kappa shape index (κ3) is 3.78. The van der Waals surface area contributed by atoms with E-state index in [1.54, 1.807) is 6.33 Å². The monoisotopic (exact) mass is 377 g/mol. The predicted molar refractivity (Wildman–Crippen MR) is 88.3 cm³/mol. The first-order valence-corrected chi connectivity index (χ1v) is 6.93. The Hall–Kier alpha value is -4.49. The van der Waals surface area contributed by atoms with Crippen LogP contribution in [0.2, 0.25) is 0 Å². The Morgan fingerprint density at radius 3 is 1.89 bits per heavy atom. The van der Waals surface area contributed by atoms with Crippen LogP contribution >= 0.6 is 0 Å². The van der Waals surface area contributed by atoms with E-state index in [9.17, 15) is 35.4 Å². The number of benzene rings is 2. The molecular formula is C13H11N7O7. The number of aromatic nitrogens is 2. The number of hydrogen-bond acceptors (Lipinski definition) is 9. The van der Waals surface area contributed by atoms with Crippen molar-refractivity contribution in [3.05, 3.63) is 73.1 Å². The van der Waals surface area contributed by atoms with E-state index in [0.717, 1.165) is 11.0 Å². The van der Waals surface area contributed by atoms with Gasteiger partial charge in [-0.3, -0.25) is 42.0 Å². The van der Waals surface area contributed by atoms with Crippen LogP contribution in [-0.4, -0.2) is 19.4 Å². The molecule has 3 aromatic rings. The van der Waals surface area contributed by atoms with Gasteiger partial charge < -0.3 is 5.11 Å². The Morgan fingerprint density at radius 2 is 1.44 bits per heavy atom. The summed E-state index contributed by atoms with van der Waals surface area (Å²) in [5.41, 5.74) is -1.41. The third-order valence-electron chi connectivity index (χ3n) is 3.33. The molecule has 140 valence electrons. The van der Waals surface area contributed by atoms with Gasteiger partial charge >= 0.3 is 0 Å². The highest BCUT2D eigenvalue weighted by molar-refractivity contribution is 5.71. The van der Waals surface area contributed by atoms with Crippen molar-refractivity contribution in [3.8, 4) is 5.75 Å². The van der Waals surface area contributed by atoms with Crippen molar-refractivity contribution in [2.75, 3.05) is 11.7 Å². The highest BCUT2D eigenvalue weighted by Gasteiger charge is 2.24. The molecule has 0 fully saturated rings. The summed E-state index contributed by atoms with van der Waals surface area (Å²) in [4.78, 5) is 27.5. The second-order valence-corrected chi connectivity index (χ2v) is 5.00. The summed E-state index contributed by atoms with van der Waals surface area (Å²) in [6, 6.07) is 8.44. The van der Waals surface area contributed by atoms with E-state index < -0.39 is 37.6 Å². The van der Waals surface area contributed by atoms with Crippen LogP contribution in [0.25, 0.3) is 11.0 Å². The highest BCUT2D eigenvalue weighted by Crippen LogP contribution is 2.36. The van der Waals surface area contributed by atoms with Crippen LogP contribution in [-0.2, 0) is 0 Å². The van der Waals surface area contributed by atoms with Crippen molar-refractivity contribution in [3.63, 3.8) is 0 Å². The minimum absolute atomic E-state index is 0.384. The largest absolute Gasteiger partial charge is 0.863 e. The van der Waals surface area contributed by atoms with Gasteiger partial charge in [0.05, 0.1) is 32.7 Å². The minimum atomic E-state index is -1.46. The lowest BCUT2D eigenvalue weighted by atomic mass is 10.2. The van der Waals surface area contributed by atoms with Gasteiger partial charge in [0.1, 0.15) is 0 Å². The molecule has 0 amide bonds. The standard InChI is InChI=1S/C7H9N4.C6H3N3O7/c8-10-5-11(9)7-4-2-1-3-6(7)10;10-6-4(8(13)14)1-3(7(11)12)2-5(6)9(15)16/h1-5H,8-9H2;1-2,10H/q+1;/p-1. The Kier molecular flexibility index (Phi) is 5.01. The average molecular weight is 377 g/mol. The Balaban J connectivity index is 0.000000206. The first-order valence-electron chi connectivity index (χ1n) is 6.93. The number of nitrogens with two attached hydrogens (primary N) is 2. The lowest BCUT2D eigenvalue weighted by Gasteiger charge is -2.06. The van der Waals surface area contributed by atoms with Gasteiger partial charge in [-0.2, -0.15) is 0 Å². The number of fused-ring (bicyclic) bond motifs is 1. The number of nitro groups is 3. The van der Waals surface area contributed by atoms with Gasteiger partial charge in [0.15, 0.2) is 0 Å². The van der Waals surface area contributed by atoms with Crippen LogP contribution in [0.5, 0.6) is 5.75 Å². The van der Waals surface area contributed by atoms with Crippen molar-refractivity contribution in [2.24, 2.45) is 0 Å². The molecule has 0 bridgehead atoms. The number of hydrogen-bond donors (Lipinski definition) is 2. The Labute approximate surface area is 148 Å². The summed E-state index contributed by atoms with van der Waals surface area (Å²) in [5.74, 6) is 9.73. The number of para-hydroxylation sites is 2. The molecular weight excluding hydrogens is 366 g/mol. The number of imidazole rings is 1. The topological polar surface area (TPSA) is 213 Å². The molecule has 2 aromatic carbocycles. The number of nitrogen functional groups attached to an aromatic ring is 2. The first-order chi connectivity index (χ1) is 12.6. The van der Waals surface area contributed by atoms with Crippen LogP contribution < -0.4 is 21.5 Å². The van der Waals surface area contributed by atoms with E-state index in [4.69, 9.17) is 11.7 Å². The van der Waals surface area contributed by atoms with Crippen LogP contribution in [0.1, 0.15) is 0 Å². The number of rotatable bonds is 3. The molecule has 0 unspecified atom stereocenters. The second-order valence-electron chi connectivity index (χ2n) is 5.00. The van der Waals surface area contributed by atoms with E-state index in [1.807, 2.05) is 24.3 Å². The fraction of sp³-hybridized carbons (Fsp3) is 0. The fourth-order valence-electron chi connectivity index (χ4n) is 2.12. The average Bonchev–Trinajstić information content (AvgIpc) is 2.89. The fourth-order valence-corrected chi connectivity index (χ4v) is 2.12. The molecule has 0 saturated heterocycles. The number of nitro benzene ring substituents is 3. The first kappa shape index (κ1) is 18.8. The van der Waals surface area contributed by atoms with Crippen molar-refractivity contribution in [1.82, 2.24) is 4.68 Å². The van der Waals surface area contributed by atoms with Gasteiger partial charge in [0, 0.05) is 0 Å². The van der Waals surface area contributed by atoms with Gasteiger partial charge in [0.25, 0.3) is 23.4 Å². The van der Waals surface area contributed by atoms with Crippen molar-refractivity contribution < 1.29 is 24.6 Å². The van der Waals surface area contributed by atoms with E-state index >= 15 is 0 Å². The van der Waals surface area contributed by atoms with Gasteiger partial charge in [-0.25, -0.2) is 0 Å². The summed E-state index contributed by atoms with van der Waals surface area (Å²) in [6.45, 7) is 0. The predicted octanol–water partition coefficient (Wildman–Crippen LogP) is -0.159. The van der Waals surface area contributed by atoms with Crippen LogP contribution in [0.3, 0.4) is 0 Å². The molecule has 14 nitrogen and oxygen atoms in total. The van der Waals surface area contributed by atoms with Gasteiger partial charge in [-0.15, -0.1) is 9.35 Å². The van der Waals surface area contributed by atoms with Crippen LogP contribution in [0, 0.1) is 30.3 Å². The molecule has 3 rings (SSSR count). The Morgan fingerprint density at radius 1 is 0.926 bits per heavy atom. The van der Waals surface area contributed by atoms with Gasteiger partial charge in [-0.05, 0) is 12.1 Å². The molecule has 0 saturated carbocycles. The lowest BCUT2D eigenvalue weighted by molar-refractivity contribution is -0.612. The van der Waals surface area contributed by atoms with E-state index in [1.165, 1.54) is 9.35 Å². The molecule has 1 aromatic heterocycles. The molecule has 0 aliphatic heterocycles. The normalized spacial score (nSPS) is 10.1. The van der Waals surface area contributed by atoms with Crippen molar-refractivity contribution >= 4 is 28.1 Å². The summed E-state index contributed by atoms with van der Waals surface area (Å²) < 4.78 is 2.99. The minimum Gasteiger partial charge on any atom is -0.863 e. The third-order valence-corrected chi connectivity index (χ3v) is 3.33. The van der Waals surface area contributed by atoms with E-state index in [0.29, 0.717) is 12.1 Å². The zero-order chi connectivity index (χ0) is 20.3. The van der Waals surface area contributed by atoms with Crippen molar-refractivity contribution in [1.29, 1.82) is 0 Å². The molecule has 14 heteroatoms. The molecule has 4 N–H and O–H groups in total. The van der Waals surface area contributed by atoms with E-state index in [-0.39, 0.29) is 0 Å². The summed E-state index contributed by atoms with van der Waals surface area (Å²) in [6.07, 6.45) is 1.63. The SMILES string of the molecule is Nn1c[n+](N)c2ccccc21.O=[N+]([O-])c1cc([N+](=O)[O-])c([O-])c([N+](=O)[O-])c1. The summed E-state index contributed by atoms with van der Waals surface area (Å²) in [7, 11) is 0. The molecule has 0 aliphatic rings. The lowest BCUT2D eigenvalue weighted by Crippen LogP contribution is -2.43. The zero-order valence-corrected chi connectivity index (χ0v) is 13.3. The number of nitrogens with zero attached hydrogens (tertiary/aromatic N) is 5. The maximum absolute atomic E-state index is 11.1. The highest BCUT2D eigenvalue weighted by atomic mass is 16.6. The maximum atomic E-state index is 11.1. The van der Waals surface area contributed by atoms with Gasteiger partial charge in [0.2, 0.25) is 11.0 Å². The van der Waals surface area contributed by atoms with Crippen LogP contribution in [0.4, 0.5) is 17.1 Å². The molecule has 0 radical (unpaired) electrons. The quantitative estimate of drug-likeness (QED) is 0.268. The second kappa shape index (κ2) is 7.18. The van der Waals surface area contributed by atoms with Gasteiger partial charge in [-0.1, -0.05) is 12.1 Å². The molecule has 27 heavy (non-hydrogen) atoms. The summed E-state index contributed by atoms with van der Waals surface area (Å²) in [5, 5.41) is 42.1. The van der Waals surface area contributed by atoms with Crippen molar-refractivity contribution in [2.45, 2.75) is 0 Å². The molecule has 1 heterocycles. The summed E-state index contributed by atoms with van der Waals surface area (Å²) >= 11 is 0. The Bertz CT molecular complexity index is 991. The van der Waals surface area contributed by atoms with E-state index in [2.05, 4.69) is 0 Å². The smallest absolute Gasteiger partial charge is 0.291 e. The molecule has 0 atom stereocenters. The number of non-ortho nitro benzene ring substituents is 1. The zero-order valence-electron chi connectivity index (χ0n) is 13.3. The molecule has 0 aliphatic carbocycles. The molecule has 0 spiro atoms. The van der Waals surface area contributed by atoms with Crippen LogP contribution in [0.15, 0.2) is 42.7 Å².